The molecule has 0 saturated carbocycles. The van der Waals surface area contributed by atoms with Crippen LogP contribution in [0, 0.1) is 0 Å². The lowest BCUT2D eigenvalue weighted by molar-refractivity contribution is -0.124. The lowest BCUT2D eigenvalue weighted by Crippen LogP contribution is -2.48. The van der Waals surface area contributed by atoms with Crippen LogP contribution in [-0.2, 0) is 4.79 Å². The van der Waals surface area contributed by atoms with E-state index >= 15 is 0 Å². The van der Waals surface area contributed by atoms with E-state index in [-0.39, 0.29) is 24.6 Å². The lowest BCUT2D eigenvalue weighted by atomic mass is 10.1. The second-order valence-electron chi connectivity index (χ2n) is 4.05. The minimum atomic E-state index is -0.234. The number of aliphatic hydroxyl groups excluding tert-OH is 1. The van der Waals surface area contributed by atoms with Crippen molar-refractivity contribution in [3.05, 3.63) is 0 Å². The van der Waals surface area contributed by atoms with Gasteiger partial charge < -0.3 is 26.8 Å². The van der Waals surface area contributed by atoms with E-state index in [9.17, 15) is 4.79 Å². The molecule has 17 heavy (non-hydrogen) atoms. The monoisotopic (exact) mass is 246 g/mol. The van der Waals surface area contributed by atoms with E-state index < -0.39 is 0 Å². The van der Waals surface area contributed by atoms with E-state index in [0.29, 0.717) is 19.4 Å². The van der Waals surface area contributed by atoms with Crippen LogP contribution in [0.25, 0.3) is 0 Å². The van der Waals surface area contributed by atoms with Gasteiger partial charge in [-0.15, -0.1) is 0 Å². The molecule has 0 radical (unpaired) electrons. The summed E-state index contributed by atoms with van der Waals surface area (Å²) in [5, 5.41) is 17.9. The van der Waals surface area contributed by atoms with Crippen molar-refractivity contribution in [2.45, 2.75) is 31.3 Å². The molecule has 0 aliphatic carbocycles. The van der Waals surface area contributed by atoms with Gasteiger partial charge >= 0.3 is 0 Å². The van der Waals surface area contributed by atoms with Gasteiger partial charge in [0.05, 0.1) is 18.7 Å². The number of aliphatic hydroxyl groups is 1. The molecule has 0 spiro atoms. The number of nitrogens with one attached hydrogen (secondary N) is 3. The molecule has 1 amide bonds. The number of likely N-dealkylation sites (N-methyl/N-ethyl adjacent to an activating group) is 1. The number of carbonyl (C=O) groups excluding carboxylic acids is 1. The summed E-state index contributed by atoms with van der Waals surface area (Å²) >= 11 is 0. The summed E-state index contributed by atoms with van der Waals surface area (Å²) in [6.07, 6.45) is 2.23. The fourth-order valence-electron chi connectivity index (χ4n) is 1.56. The summed E-state index contributed by atoms with van der Waals surface area (Å²) in [7, 11) is 3.59. The number of hydrogen-bond acceptors (Lipinski definition) is 5. The zero-order valence-electron chi connectivity index (χ0n) is 10.8. The molecule has 0 bridgehead atoms. The van der Waals surface area contributed by atoms with Gasteiger partial charge in [-0.2, -0.15) is 0 Å². The van der Waals surface area contributed by atoms with E-state index in [1.165, 1.54) is 0 Å². The zero-order chi connectivity index (χ0) is 13.1. The average Bonchev–Trinajstić information content (AvgIpc) is 2.35. The molecule has 0 fully saturated rings. The topological polar surface area (TPSA) is 99.4 Å². The second kappa shape index (κ2) is 10.5. The van der Waals surface area contributed by atoms with Crippen LogP contribution in [0.5, 0.6) is 0 Å². The number of hydrogen-bond donors (Lipinski definition) is 5. The van der Waals surface area contributed by atoms with Gasteiger partial charge in [-0.05, 0) is 46.4 Å². The third-order valence-electron chi connectivity index (χ3n) is 2.67. The molecule has 0 saturated heterocycles. The first-order valence-corrected chi connectivity index (χ1v) is 6.12. The predicted octanol–water partition coefficient (Wildman–Crippen LogP) is -1.60. The molecule has 0 rings (SSSR count). The maximum atomic E-state index is 11.9. The summed E-state index contributed by atoms with van der Waals surface area (Å²) in [4.78, 5) is 11.9. The van der Waals surface area contributed by atoms with Gasteiger partial charge in [0.2, 0.25) is 5.91 Å². The molecule has 0 aromatic heterocycles. The summed E-state index contributed by atoms with van der Waals surface area (Å²) in [5.41, 5.74) is 5.42. The van der Waals surface area contributed by atoms with Gasteiger partial charge in [-0.3, -0.25) is 4.79 Å². The Labute approximate surface area is 103 Å². The fraction of sp³-hybridized carbons (Fsp3) is 0.909. The van der Waals surface area contributed by atoms with Crippen LogP contribution in [0.15, 0.2) is 0 Å². The van der Waals surface area contributed by atoms with E-state index in [4.69, 9.17) is 10.8 Å². The van der Waals surface area contributed by atoms with Crippen molar-refractivity contribution in [3.63, 3.8) is 0 Å². The highest BCUT2D eigenvalue weighted by Gasteiger charge is 2.18. The standard InChI is InChI=1S/C11H26N4O2/c1-13-7-5-9(8-16)15-11(17)10(14-2)4-3-6-12/h9-10,13-14,16H,3-8,12H2,1-2H3,(H,15,17)/t9-,10-/m0/s1. The highest BCUT2D eigenvalue weighted by Crippen LogP contribution is 1.98. The summed E-state index contributed by atoms with van der Waals surface area (Å²) in [5.74, 6) is -0.0731. The largest absolute Gasteiger partial charge is 0.394 e. The fourth-order valence-corrected chi connectivity index (χ4v) is 1.56. The van der Waals surface area contributed by atoms with E-state index in [2.05, 4.69) is 16.0 Å². The number of nitrogens with two attached hydrogens (primary N) is 1. The van der Waals surface area contributed by atoms with Gasteiger partial charge in [0.15, 0.2) is 0 Å². The molecular formula is C11H26N4O2. The molecule has 0 unspecified atom stereocenters. The first-order valence-electron chi connectivity index (χ1n) is 6.12. The molecule has 102 valence electrons. The van der Waals surface area contributed by atoms with Crippen molar-refractivity contribution in [3.8, 4) is 0 Å². The van der Waals surface area contributed by atoms with E-state index in [1.54, 1.807) is 7.05 Å². The second-order valence-corrected chi connectivity index (χ2v) is 4.05. The highest BCUT2D eigenvalue weighted by atomic mass is 16.3. The van der Waals surface area contributed by atoms with Gasteiger partial charge in [0.1, 0.15) is 0 Å². The smallest absolute Gasteiger partial charge is 0.237 e. The maximum Gasteiger partial charge on any atom is 0.237 e. The Morgan fingerprint density at radius 3 is 2.53 bits per heavy atom. The SMILES string of the molecule is CNCC[C@@H](CO)NC(=O)[C@H](CCCN)NC. The van der Waals surface area contributed by atoms with Crippen LogP contribution in [0.2, 0.25) is 0 Å². The van der Waals surface area contributed by atoms with E-state index in [1.807, 2.05) is 7.05 Å². The third-order valence-corrected chi connectivity index (χ3v) is 2.67. The molecule has 0 heterocycles. The van der Waals surface area contributed by atoms with Crippen molar-refractivity contribution in [2.75, 3.05) is 33.8 Å². The molecule has 6 heteroatoms. The average molecular weight is 246 g/mol. The Morgan fingerprint density at radius 2 is 2.06 bits per heavy atom. The molecular weight excluding hydrogens is 220 g/mol. The van der Waals surface area contributed by atoms with Gasteiger partial charge in [0, 0.05) is 0 Å². The molecule has 0 aromatic rings. The minimum Gasteiger partial charge on any atom is -0.394 e. The molecule has 0 aliphatic heterocycles. The Hall–Kier alpha value is -0.690. The lowest BCUT2D eigenvalue weighted by Gasteiger charge is -2.21. The van der Waals surface area contributed by atoms with Crippen LogP contribution in [0.4, 0.5) is 0 Å². The van der Waals surface area contributed by atoms with Crippen molar-refractivity contribution >= 4 is 5.91 Å². The first kappa shape index (κ1) is 16.3. The highest BCUT2D eigenvalue weighted by molar-refractivity contribution is 5.81. The van der Waals surface area contributed by atoms with Crippen LogP contribution < -0.4 is 21.7 Å². The van der Waals surface area contributed by atoms with Crippen molar-refractivity contribution < 1.29 is 9.90 Å². The van der Waals surface area contributed by atoms with Crippen molar-refractivity contribution in [1.29, 1.82) is 0 Å². The Bertz CT molecular complexity index is 202. The Kier molecular flexibility index (Phi) is 10.0. The van der Waals surface area contributed by atoms with Crippen LogP contribution in [0.3, 0.4) is 0 Å². The third kappa shape index (κ3) is 7.27. The van der Waals surface area contributed by atoms with Gasteiger partial charge in [0.25, 0.3) is 0 Å². The molecule has 0 aromatic carbocycles. The number of rotatable bonds is 10. The normalized spacial score (nSPS) is 14.4. The molecule has 0 aliphatic rings. The molecule has 6 nitrogen and oxygen atoms in total. The first-order chi connectivity index (χ1) is 8.19. The minimum absolute atomic E-state index is 0.0409. The molecule has 6 N–H and O–H groups in total. The zero-order valence-corrected chi connectivity index (χ0v) is 10.8. The van der Waals surface area contributed by atoms with Crippen LogP contribution in [-0.4, -0.2) is 56.9 Å². The van der Waals surface area contributed by atoms with Crippen molar-refractivity contribution in [2.24, 2.45) is 5.73 Å². The van der Waals surface area contributed by atoms with Crippen LogP contribution in [0.1, 0.15) is 19.3 Å². The van der Waals surface area contributed by atoms with Gasteiger partial charge in [-0.25, -0.2) is 0 Å². The van der Waals surface area contributed by atoms with Crippen LogP contribution >= 0.6 is 0 Å². The quantitative estimate of drug-likeness (QED) is 0.320. The Morgan fingerprint density at radius 1 is 1.35 bits per heavy atom. The Balaban J connectivity index is 4.07. The van der Waals surface area contributed by atoms with Crippen molar-refractivity contribution in [1.82, 2.24) is 16.0 Å². The van der Waals surface area contributed by atoms with Gasteiger partial charge in [-0.1, -0.05) is 0 Å². The number of amides is 1. The summed E-state index contributed by atoms with van der Waals surface area (Å²) in [6, 6.07) is -0.425. The predicted molar refractivity (Wildman–Crippen MR) is 68.7 cm³/mol. The molecule has 2 atom stereocenters. The van der Waals surface area contributed by atoms with E-state index in [0.717, 1.165) is 13.0 Å². The summed E-state index contributed by atoms with van der Waals surface area (Å²) in [6.45, 7) is 1.30. The summed E-state index contributed by atoms with van der Waals surface area (Å²) < 4.78 is 0. The maximum absolute atomic E-state index is 11.9. The number of carbonyl (C=O) groups is 1.